The topological polar surface area (TPSA) is 74.4 Å². The van der Waals surface area contributed by atoms with E-state index in [0.29, 0.717) is 18.5 Å². The minimum atomic E-state index is 0.0590. The zero-order valence-electron chi connectivity index (χ0n) is 10.1. The fraction of sp³-hybridized carbons (Fsp3) is 0.800. The molecule has 0 bridgehead atoms. The molecule has 1 rings (SSSR count). The molecule has 0 aliphatic rings. The molecule has 1 aromatic heterocycles. The zero-order chi connectivity index (χ0) is 12.0. The van der Waals surface area contributed by atoms with Gasteiger partial charge in [0.2, 0.25) is 5.89 Å². The van der Waals surface area contributed by atoms with Crippen LogP contribution in [-0.2, 0) is 0 Å². The summed E-state index contributed by atoms with van der Waals surface area (Å²) in [6.45, 7) is 5.56. The lowest BCUT2D eigenvalue weighted by Gasteiger charge is -2.11. The van der Waals surface area contributed by atoms with E-state index in [1.807, 2.05) is 6.92 Å². The molecule has 0 aliphatic heterocycles. The van der Waals surface area contributed by atoms with Crippen LogP contribution in [0.3, 0.4) is 0 Å². The van der Waals surface area contributed by atoms with Gasteiger partial charge >= 0.3 is 6.01 Å². The number of aliphatic hydroxyl groups excluding tert-OH is 1. The summed E-state index contributed by atoms with van der Waals surface area (Å²) in [6.07, 6.45) is 1.07. The average molecular weight is 228 g/mol. The second kappa shape index (κ2) is 6.44. The Morgan fingerprint density at radius 1 is 1.50 bits per heavy atom. The Morgan fingerprint density at radius 2 is 2.25 bits per heavy atom. The molecular weight excluding hydrogens is 208 g/mol. The second-order valence-corrected chi connectivity index (χ2v) is 3.74. The molecule has 0 saturated heterocycles. The molecule has 0 aliphatic carbocycles. The Hall–Kier alpha value is -1.14. The number of anilines is 1. The van der Waals surface area contributed by atoms with Crippen molar-refractivity contribution in [3.8, 4) is 0 Å². The average Bonchev–Trinajstić information content (AvgIpc) is 2.75. The summed E-state index contributed by atoms with van der Waals surface area (Å²) in [5.41, 5.74) is 0. The summed E-state index contributed by atoms with van der Waals surface area (Å²) >= 11 is 0. The lowest BCUT2D eigenvalue weighted by atomic mass is 10.3. The first-order valence-electron chi connectivity index (χ1n) is 5.57. The quantitative estimate of drug-likeness (QED) is 0.710. The van der Waals surface area contributed by atoms with Crippen molar-refractivity contribution >= 4 is 6.01 Å². The van der Waals surface area contributed by atoms with Gasteiger partial charge in [0, 0.05) is 13.6 Å². The number of nitrogens with one attached hydrogen (secondary N) is 1. The van der Waals surface area contributed by atoms with Gasteiger partial charge in [-0.15, -0.1) is 5.10 Å². The number of likely N-dealkylation sites (N-methyl/N-ethyl adjacent to an activating group) is 1. The highest BCUT2D eigenvalue weighted by atomic mass is 16.4. The van der Waals surface area contributed by atoms with Crippen LogP contribution in [0.1, 0.15) is 32.2 Å². The van der Waals surface area contributed by atoms with Crippen LogP contribution >= 0.6 is 0 Å². The molecule has 6 nitrogen and oxygen atoms in total. The van der Waals surface area contributed by atoms with Gasteiger partial charge in [-0.2, -0.15) is 0 Å². The highest BCUT2D eigenvalue weighted by molar-refractivity contribution is 5.21. The lowest BCUT2D eigenvalue weighted by molar-refractivity contribution is 0.300. The van der Waals surface area contributed by atoms with Crippen LogP contribution in [0.5, 0.6) is 0 Å². The van der Waals surface area contributed by atoms with Gasteiger partial charge in [-0.05, 0) is 19.9 Å². The van der Waals surface area contributed by atoms with E-state index in [0.717, 1.165) is 13.0 Å². The van der Waals surface area contributed by atoms with E-state index in [9.17, 15) is 0 Å². The van der Waals surface area contributed by atoms with Gasteiger partial charge in [0.1, 0.15) is 0 Å². The number of hydrogen-bond acceptors (Lipinski definition) is 6. The maximum absolute atomic E-state index is 8.79. The summed E-state index contributed by atoms with van der Waals surface area (Å²) in [6, 6.07) is 0.498. The van der Waals surface area contributed by atoms with Gasteiger partial charge in [-0.3, -0.25) is 0 Å². The van der Waals surface area contributed by atoms with Crippen molar-refractivity contribution in [3.05, 3.63) is 5.89 Å². The van der Waals surface area contributed by atoms with Crippen molar-refractivity contribution in [2.24, 2.45) is 0 Å². The molecule has 0 aromatic carbocycles. The lowest BCUT2D eigenvalue weighted by Crippen LogP contribution is -2.21. The molecular formula is C10H20N4O2. The van der Waals surface area contributed by atoms with Gasteiger partial charge < -0.3 is 19.7 Å². The second-order valence-electron chi connectivity index (χ2n) is 3.74. The van der Waals surface area contributed by atoms with Crippen molar-refractivity contribution in [2.45, 2.75) is 26.3 Å². The summed E-state index contributed by atoms with van der Waals surface area (Å²) in [7, 11) is 1.80. The third-order valence-corrected chi connectivity index (χ3v) is 2.26. The number of hydrogen-bond donors (Lipinski definition) is 2. The Bertz CT molecular complexity index is 303. The SMILES string of the molecule is CCCNC(C)c1nnc(N(C)CCO)o1. The molecule has 1 aromatic rings. The first-order chi connectivity index (χ1) is 7.69. The summed E-state index contributed by atoms with van der Waals surface area (Å²) in [5, 5.41) is 19.9. The van der Waals surface area contributed by atoms with Gasteiger partial charge in [0.25, 0.3) is 0 Å². The maximum atomic E-state index is 8.79. The molecule has 6 heteroatoms. The molecule has 92 valence electrons. The normalized spacial score (nSPS) is 12.8. The largest absolute Gasteiger partial charge is 0.406 e. The molecule has 0 spiro atoms. The molecule has 1 heterocycles. The maximum Gasteiger partial charge on any atom is 0.318 e. The molecule has 0 amide bonds. The number of rotatable bonds is 7. The van der Waals surface area contributed by atoms with E-state index in [1.165, 1.54) is 0 Å². The van der Waals surface area contributed by atoms with Crippen LogP contribution in [0.2, 0.25) is 0 Å². The van der Waals surface area contributed by atoms with Crippen molar-refractivity contribution in [3.63, 3.8) is 0 Å². The third kappa shape index (κ3) is 3.46. The van der Waals surface area contributed by atoms with Crippen LogP contribution in [-0.4, -0.2) is 42.0 Å². The highest BCUT2D eigenvalue weighted by Gasteiger charge is 2.14. The van der Waals surface area contributed by atoms with Crippen molar-refractivity contribution in [2.75, 3.05) is 31.6 Å². The fourth-order valence-corrected chi connectivity index (χ4v) is 1.25. The monoisotopic (exact) mass is 228 g/mol. The van der Waals surface area contributed by atoms with E-state index in [2.05, 4.69) is 22.4 Å². The number of aromatic nitrogens is 2. The van der Waals surface area contributed by atoms with Crippen LogP contribution in [0.4, 0.5) is 6.01 Å². The van der Waals surface area contributed by atoms with Crippen LogP contribution in [0.25, 0.3) is 0 Å². The predicted octanol–water partition coefficient (Wildman–Crippen LogP) is 0.559. The Kier molecular flexibility index (Phi) is 5.21. The Labute approximate surface area is 95.7 Å². The fourth-order valence-electron chi connectivity index (χ4n) is 1.25. The van der Waals surface area contributed by atoms with E-state index in [4.69, 9.17) is 9.52 Å². The van der Waals surface area contributed by atoms with Gasteiger partial charge in [-0.1, -0.05) is 12.0 Å². The molecule has 0 saturated carbocycles. The van der Waals surface area contributed by atoms with E-state index in [-0.39, 0.29) is 12.6 Å². The highest BCUT2D eigenvalue weighted by Crippen LogP contribution is 2.15. The van der Waals surface area contributed by atoms with Gasteiger partial charge in [0.05, 0.1) is 12.6 Å². The van der Waals surface area contributed by atoms with Crippen molar-refractivity contribution in [1.29, 1.82) is 0 Å². The molecule has 0 fully saturated rings. The third-order valence-electron chi connectivity index (χ3n) is 2.26. The van der Waals surface area contributed by atoms with Gasteiger partial charge in [0.15, 0.2) is 0 Å². The van der Waals surface area contributed by atoms with Crippen molar-refractivity contribution in [1.82, 2.24) is 15.5 Å². The Balaban J connectivity index is 2.56. The molecule has 1 unspecified atom stereocenters. The summed E-state index contributed by atoms with van der Waals surface area (Å²) < 4.78 is 5.49. The van der Waals surface area contributed by atoms with Crippen LogP contribution in [0.15, 0.2) is 4.42 Å². The minimum Gasteiger partial charge on any atom is -0.406 e. The molecule has 1 atom stereocenters. The zero-order valence-corrected chi connectivity index (χ0v) is 10.1. The molecule has 0 radical (unpaired) electrons. The minimum absolute atomic E-state index is 0.0590. The smallest absolute Gasteiger partial charge is 0.318 e. The van der Waals surface area contributed by atoms with E-state index in [1.54, 1.807) is 11.9 Å². The Morgan fingerprint density at radius 3 is 2.88 bits per heavy atom. The van der Waals surface area contributed by atoms with Crippen LogP contribution < -0.4 is 10.2 Å². The summed E-state index contributed by atoms with van der Waals surface area (Å²) in [5.74, 6) is 0.577. The summed E-state index contributed by atoms with van der Waals surface area (Å²) in [4.78, 5) is 1.73. The van der Waals surface area contributed by atoms with Gasteiger partial charge in [-0.25, -0.2) is 0 Å². The molecule has 16 heavy (non-hydrogen) atoms. The van der Waals surface area contributed by atoms with Crippen molar-refractivity contribution < 1.29 is 9.52 Å². The van der Waals surface area contributed by atoms with E-state index < -0.39 is 0 Å². The molecule has 2 N–H and O–H groups in total. The first-order valence-corrected chi connectivity index (χ1v) is 5.57. The predicted molar refractivity (Wildman–Crippen MR) is 61.4 cm³/mol. The first kappa shape index (κ1) is 12.9. The standard InChI is InChI=1S/C10H20N4O2/c1-4-5-11-8(2)9-12-13-10(16-9)14(3)6-7-15/h8,11,15H,4-7H2,1-3H3. The van der Waals surface area contributed by atoms with Crippen LogP contribution in [0, 0.1) is 0 Å². The number of nitrogens with zero attached hydrogens (tertiary/aromatic N) is 3. The number of aliphatic hydroxyl groups is 1. The van der Waals surface area contributed by atoms with E-state index >= 15 is 0 Å².